The van der Waals surface area contributed by atoms with Crippen molar-refractivity contribution < 1.29 is 19.0 Å². The summed E-state index contributed by atoms with van der Waals surface area (Å²) in [5.74, 6) is 0.206. The van der Waals surface area contributed by atoms with Gasteiger partial charge in [0, 0.05) is 12.2 Å². The average molecular weight is 254 g/mol. The molecule has 1 atom stereocenters. The van der Waals surface area contributed by atoms with Gasteiger partial charge in [0.15, 0.2) is 0 Å². The molecule has 0 aliphatic carbocycles. The van der Waals surface area contributed by atoms with Crippen LogP contribution in [-0.2, 0) is 11.3 Å². The Hall–Kier alpha value is -1.13. The summed E-state index contributed by atoms with van der Waals surface area (Å²) in [6.45, 7) is 1.23. The fourth-order valence-corrected chi connectivity index (χ4v) is 2.18. The molecule has 0 spiro atoms. The number of rotatable bonds is 6. The van der Waals surface area contributed by atoms with Crippen LogP contribution in [0.15, 0.2) is 18.2 Å². The first-order valence-electron chi connectivity index (χ1n) is 6.43. The molecule has 1 aromatic carbocycles. The molecule has 100 valence electrons. The fraction of sp³-hybridized carbons (Fsp3) is 0.571. The van der Waals surface area contributed by atoms with Gasteiger partial charge in [0.2, 0.25) is 0 Å². The molecule has 1 unspecified atom stereocenters. The largest absolute Gasteiger partial charge is 0.493 e. The Labute approximate surface area is 107 Å². The third-order valence-corrected chi connectivity index (χ3v) is 3.14. The molecule has 1 aliphatic heterocycles. The second-order valence-electron chi connectivity index (χ2n) is 4.54. The molecule has 1 fully saturated rings. The minimum absolute atomic E-state index is 0.209. The average Bonchev–Trinajstić information content (AvgIpc) is 2.89. The van der Waals surface area contributed by atoms with Crippen LogP contribution in [0.1, 0.15) is 31.2 Å². The first kappa shape index (κ1) is 13.3. The summed E-state index contributed by atoms with van der Waals surface area (Å²) in [6.07, 6.45) is 4.57. The molecule has 2 rings (SSSR count). The van der Waals surface area contributed by atoms with E-state index in [1.807, 2.05) is 0 Å². The fourth-order valence-electron chi connectivity index (χ4n) is 2.18. The maximum Gasteiger partial charge on any atom is 0.125 e. The molecule has 18 heavy (non-hydrogen) atoms. The Balaban J connectivity index is 1.75. The molecule has 0 amide bonds. The summed E-state index contributed by atoms with van der Waals surface area (Å²) in [5.41, 5.74) is 0.493. The lowest BCUT2D eigenvalue weighted by atomic mass is 10.1. The van der Waals surface area contributed by atoms with E-state index < -0.39 is 0 Å². The molecular weight excluding hydrogens is 235 g/mol. The standard InChI is InChI=1S/C14H19FO3/c15-12-5-6-14(11(9-12)10-16)18-8-2-4-13-3-1-7-17-13/h5-6,9,13,16H,1-4,7-8,10H2. The summed E-state index contributed by atoms with van der Waals surface area (Å²) in [6, 6.07) is 4.21. The summed E-state index contributed by atoms with van der Waals surface area (Å²) >= 11 is 0. The van der Waals surface area contributed by atoms with Gasteiger partial charge in [-0.2, -0.15) is 0 Å². The molecule has 1 aromatic rings. The van der Waals surface area contributed by atoms with Crippen LogP contribution in [0.3, 0.4) is 0 Å². The zero-order valence-electron chi connectivity index (χ0n) is 10.4. The zero-order valence-corrected chi connectivity index (χ0v) is 10.4. The predicted molar refractivity (Wildman–Crippen MR) is 66.0 cm³/mol. The number of benzene rings is 1. The number of hydrogen-bond acceptors (Lipinski definition) is 3. The van der Waals surface area contributed by atoms with E-state index in [0.29, 0.717) is 24.0 Å². The maximum absolute atomic E-state index is 12.9. The third-order valence-electron chi connectivity index (χ3n) is 3.14. The lowest BCUT2D eigenvalue weighted by molar-refractivity contribution is 0.0980. The van der Waals surface area contributed by atoms with E-state index in [1.165, 1.54) is 12.1 Å². The van der Waals surface area contributed by atoms with E-state index in [0.717, 1.165) is 32.3 Å². The van der Waals surface area contributed by atoms with Crippen LogP contribution in [0.4, 0.5) is 4.39 Å². The Kier molecular flexibility index (Phi) is 4.96. The van der Waals surface area contributed by atoms with E-state index in [-0.39, 0.29) is 12.4 Å². The third kappa shape index (κ3) is 3.68. The van der Waals surface area contributed by atoms with Crippen LogP contribution in [0, 0.1) is 5.82 Å². The van der Waals surface area contributed by atoms with Crippen molar-refractivity contribution in [3.8, 4) is 5.75 Å². The van der Waals surface area contributed by atoms with E-state index in [9.17, 15) is 4.39 Å². The molecule has 0 radical (unpaired) electrons. The summed E-state index contributed by atoms with van der Waals surface area (Å²) in [5, 5.41) is 9.11. The Bertz CT molecular complexity index is 375. The van der Waals surface area contributed by atoms with E-state index in [4.69, 9.17) is 14.6 Å². The smallest absolute Gasteiger partial charge is 0.125 e. The highest BCUT2D eigenvalue weighted by Crippen LogP contribution is 2.21. The molecule has 3 nitrogen and oxygen atoms in total. The van der Waals surface area contributed by atoms with Crippen LogP contribution < -0.4 is 4.74 Å². The lowest BCUT2D eigenvalue weighted by Gasteiger charge is -2.12. The van der Waals surface area contributed by atoms with Gasteiger partial charge in [-0.1, -0.05) is 0 Å². The molecule has 1 heterocycles. The van der Waals surface area contributed by atoms with Gasteiger partial charge < -0.3 is 14.6 Å². The molecule has 1 aliphatic rings. The number of aliphatic hydroxyl groups excluding tert-OH is 1. The van der Waals surface area contributed by atoms with Crippen molar-refractivity contribution in [1.29, 1.82) is 0 Å². The predicted octanol–water partition coefficient (Wildman–Crippen LogP) is 2.66. The van der Waals surface area contributed by atoms with Gasteiger partial charge in [-0.15, -0.1) is 0 Å². The molecule has 0 bridgehead atoms. The van der Waals surface area contributed by atoms with Crippen molar-refractivity contribution in [2.45, 2.75) is 38.4 Å². The second-order valence-corrected chi connectivity index (χ2v) is 4.54. The molecule has 0 saturated carbocycles. The van der Waals surface area contributed by atoms with Crippen LogP contribution in [-0.4, -0.2) is 24.4 Å². The van der Waals surface area contributed by atoms with Crippen LogP contribution in [0.2, 0.25) is 0 Å². The Morgan fingerprint density at radius 3 is 3.06 bits per heavy atom. The van der Waals surface area contributed by atoms with Gasteiger partial charge in [0.05, 0.1) is 19.3 Å². The lowest BCUT2D eigenvalue weighted by Crippen LogP contribution is -2.08. The topological polar surface area (TPSA) is 38.7 Å². The van der Waals surface area contributed by atoms with Crippen molar-refractivity contribution in [3.05, 3.63) is 29.6 Å². The van der Waals surface area contributed by atoms with E-state index >= 15 is 0 Å². The highest BCUT2D eigenvalue weighted by atomic mass is 19.1. The van der Waals surface area contributed by atoms with Crippen molar-refractivity contribution in [3.63, 3.8) is 0 Å². The van der Waals surface area contributed by atoms with Gasteiger partial charge in [-0.05, 0) is 43.9 Å². The van der Waals surface area contributed by atoms with E-state index in [2.05, 4.69) is 0 Å². The first-order chi connectivity index (χ1) is 8.79. The van der Waals surface area contributed by atoms with Gasteiger partial charge in [-0.25, -0.2) is 4.39 Å². The minimum atomic E-state index is -0.356. The van der Waals surface area contributed by atoms with Gasteiger partial charge in [0.1, 0.15) is 11.6 Å². The van der Waals surface area contributed by atoms with Crippen LogP contribution in [0.25, 0.3) is 0 Å². The number of hydrogen-bond donors (Lipinski definition) is 1. The van der Waals surface area contributed by atoms with Gasteiger partial charge >= 0.3 is 0 Å². The Morgan fingerprint density at radius 1 is 1.44 bits per heavy atom. The molecular formula is C14H19FO3. The second kappa shape index (κ2) is 6.71. The minimum Gasteiger partial charge on any atom is -0.493 e. The zero-order chi connectivity index (χ0) is 12.8. The van der Waals surface area contributed by atoms with Gasteiger partial charge in [-0.3, -0.25) is 0 Å². The summed E-state index contributed by atoms with van der Waals surface area (Å²) in [7, 11) is 0. The SMILES string of the molecule is OCc1cc(F)ccc1OCCCC1CCCO1. The number of aliphatic hydroxyl groups is 1. The van der Waals surface area contributed by atoms with Crippen LogP contribution in [0.5, 0.6) is 5.75 Å². The highest BCUT2D eigenvalue weighted by molar-refractivity contribution is 5.33. The van der Waals surface area contributed by atoms with Crippen molar-refractivity contribution >= 4 is 0 Å². The normalized spacial score (nSPS) is 19.1. The van der Waals surface area contributed by atoms with Crippen molar-refractivity contribution in [1.82, 2.24) is 0 Å². The van der Waals surface area contributed by atoms with E-state index in [1.54, 1.807) is 6.07 Å². The highest BCUT2D eigenvalue weighted by Gasteiger charge is 2.14. The summed E-state index contributed by atoms with van der Waals surface area (Å²) < 4.78 is 24.0. The number of halogens is 1. The summed E-state index contributed by atoms with van der Waals surface area (Å²) in [4.78, 5) is 0. The quantitative estimate of drug-likeness (QED) is 0.793. The Morgan fingerprint density at radius 2 is 2.33 bits per heavy atom. The van der Waals surface area contributed by atoms with Gasteiger partial charge in [0.25, 0.3) is 0 Å². The van der Waals surface area contributed by atoms with Crippen molar-refractivity contribution in [2.75, 3.05) is 13.2 Å². The van der Waals surface area contributed by atoms with Crippen LogP contribution >= 0.6 is 0 Å². The monoisotopic (exact) mass is 254 g/mol. The maximum atomic E-state index is 12.9. The molecule has 4 heteroatoms. The molecule has 0 aromatic heterocycles. The first-order valence-corrected chi connectivity index (χ1v) is 6.43. The number of ether oxygens (including phenoxy) is 2. The molecule has 1 saturated heterocycles. The molecule has 1 N–H and O–H groups in total. The van der Waals surface area contributed by atoms with Crippen molar-refractivity contribution in [2.24, 2.45) is 0 Å².